The molecule has 0 saturated heterocycles. The average Bonchev–Trinajstić information content (AvgIpc) is 3.01. The molecule has 2 aromatic rings. The largest absolute Gasteiger partial charge is 0.493 e. The quantitative estimate of drug-likeness (QED) is 0.0959. The zero-order valence-electron chi connectivity index (χ0n) is 25.4. The molecule has 0 amide bonds. The smallest absolute Gasteiger partial charge is 0.346 e. The van der Waals surface area contributed by atoms with Gasteiger partial charge in [0.25, 0.3) is 0 Å². The van der Waals surface area contributed by atoms with Crippen LogP contribution in [-0.4, -0.2) is 37.4 Å². The highest BCUT2D eigenvalue weighted by molar-refractivity contribution is 5.91. The fourth-order valence-electron chi connectivity index (χ4n) is 5.00. The maximum atomic E-state index is 14.6. The second-order valence-electron chi connectivity index (χ2n) is 11.2. The number of unbranched alkanes of at least 4 members (excludes halogenated alkanes) is 6. The molecule has 9 heteroatoms. The molecule has 3 rings (SSSR count). The number of hydrogen-bond donors (Lipinski definition) is 0. The zero-order chi connectivity index (χ0) is 31.0. The van der Waals surface area contributed by atoms with Crippen LogP contribution in [0.3, 0.4) is 0 Å². The normalized spacial score (nSPS) is 17.2. The summed E-state index contributed by atoms with van der Waals surface area (Å²) in [6, 6.07) is 8.69. The van der Waals surface area contributed by atoms with Crippen LogP contribution < -0.4 is 14.2 Å². The van der Waals surface area contributed by atoms with Crippen LogP contribution in [-0.2, 0) is 9.53 Å². The summed E-state index contributed by atoms with van der Waals surface area (Å²) in [7, 11) is 0. The second kappa shape index (κ2) is 18.4. The summed E-state index contributed by atoms with van der Waals surface area (Å²) in [6.07, 6.45) is 9.08. The lowest BCUT2D eigenvalue weighted by atomic mass is 9.88. The van der Waals surface area contributed by atoms with Gasteiger partial charge < -0.3 is 18.9 Å². The van der Waals surface area contributed by atoms with Gasteiger partial charge in [-0.3, -0.25) is 0 Å². The van der Waals surface area contributed by atoms with Gasteiger partial charge in [0.1, 0.15) is 17.6 Å². The van der Waals surface area contributed by atoms with Gasteiger partial charge in [-0.05, 0) is 80.8 Å². The minimum Gasteiger partial charge on any atom is -0.493 e. The lowest BCUT2D eigenvalue weighted by molar-refractivity contribution is -0.157. The molecule has 0 N–H and O–H groups in total. The minimum absolute atomic E-state index is 0.160. The summed E-state index contributed by atoms with van der Waals surface area (Å²) in [5.41, 5.74) is -0.519. The van der Waals surface area contributed by atoms with E-state index in [4.69, 9.17) is 18.9 Å². The van der Waals surface area contributed by atoms with Crippen molar-refractivity contribution in [3.8, 4) is 17.2 Å². The first kappa shape index (κ1) is 34.3. The van der Waals surface area contributed by atoms with Crippen molar-refractivity contribution in [3.63, 3.8) is 0 Å². The molecular weight excluding hydrogens is 561 g/mol. The molecular formula is C34H45F3O6. The van der Waals surface area contributed by atoms with E-state index in [-0.39, 0.29) is 36.5 Å². The number of rotatable bonds is 18. The van der Waals surface area contributed by atoms with Crippen molar-refractivity contribution in [2.75, 3.05) is 13.2 Å². The molecule has 0 unspecified atom stereocenters. The van der Waals surface area contributed by atoms with E-state index in [2.05, 4.69) is 6.92 Å². The summed E-state index contributed by atoms with van der Waals surface area (Å²) in [5.74, 6) is -3.53. The van der Waals surface area contributed by atoms with E-state index in [9.17, 15) is 22.8 Å². The second-order valence-corrected chi connectivity index (χ2v) is 11.2. The third kappa shape index (κ3) is 11.4. The van der Waals surface area contributed by atoms with E-state index < -0.39 is 35.3 Å². The number of hydrogen-bond acceptors (Lipinski definition) is 6. The number of benzene rings is 2. The predicted octanol–water partition coefficient (Wildman–Crippen LogP) is 8.93. The number of carbonyl (C=O) groups is 2. The Morgan fingerprint density at radius 1 is 0.791 bits per heavy atom. The van der Waals surface area contributed by atoms with Crippen LogP contribution in [0.2, 0.25) is 0 Å². The van der Waals surface area contributed by atoms with Gasteiger partial charge in [0.05, 0.1) is 18.8 Å². The zero-order valence-corrected chi connectivity index (χ0v) is 25.4. The van der Waals surface area contributed by atoms with E-state index in [0.717, 1.165) is 57.4 Å². The molecule has 0 bridgehead atoms. The number of halogens is 3. The first-order valence-corrected chi connectivity index (χ1v) is 15.7. The van der Waals surface area contributed by atoms with E-state index in [1.807, 2.05) is 6.92 Å². The van der Waals surface area contributed by atoms with Crippen LogP contribution in [0.4, 0.5) is 13.2 Å². The van der Waals surface area contributed by atoms with E-state index in [1.165, 1.54) is 24.6 Å². The van der Waals surface area contributed by atoms with Crippen LogP contribution in [0, 0.1) is 17.6 Å². The molecule has 0 aliphatic heterocycles. The standard InChI is InChI=1S/C34H45F3O6/c1-3-5-7-8-9-10-22-40-30-21-20-28(31(36)32(30)37)33(38)42-27-18-16-25(17-19-27)41-23-24-12-14-26(15-13-24)43-34(39)29(35)11-6-4-2/h16-21,24,26,29H,3-15,22-23H2,1-2H3/t24-,26-,29-/m0/s1. The van der Waals surface area contributed by atoms with E-state index in [1.54, 1.807) is 12.1 Å². The number of ether oxygens (including phenoxy) is 4. The summed E-state index contributed by atoms with van der Waals surface area (Å²) in [6.45, 7) is 4.83. The number of carbonyl (C=O) groups excluding carboxylic acids is 2. The molecule has 0 radical (unpaired) electrons. The van der Waals surface area contributed by atoms with E-state index in [0.29, 0.717) is 31.6 Å². The topological polar surface area (TPSA) is 71.1 Å². The summed E-state index contributed by atoms with van der Waals surface area (Å²) >= 11 is 0. The highest BCUT2D eigenvalue weighted by atomic mass is 19.2. The Morgan fingerprint density at radius 3 is 2.14 bits per heavy atom. The Labute approximate surface area is 253 Å². The van der Waals surface area contributed by atoms with Crippen molar-refractivity contribution in [2.24, 2.45) is 5.92 Å². The fourth-order valence-corrected chi connectivity index (χ4v) is 5.00. The van der Waals surface area contributed by atoms with Crippen LogP contribution in [0.15, 0.2) is 36.4 Å². The lowest BCUT2D eigenvalue weighted by Gasteiger charge is -2.28. The maximum Gasteiger partial charge on any atom is 0.346 e. The molecule has 1 aliphatic carbocycles. The highest BCUT2D eigenvalue weighted by Gasteiger charge is 2.27. The van der Waals surface area contributed by atoms with Crippen LogP contribution in [0.1, 0.15) is 108 Å². The Bertz CT molecular complexity index is 1130. The molecule has 6 nitrogen and oxygen atoms in total. The van der Waals surface area contributed by atoms with Crippen molar-refractivity contribution >= 4 is 11.9 Å². The molecule has 43 heavy (non-hydrogen) atoms. The SMILES string of the molecule is CCCCCCCCOc1ccc(C(=O)Oc2ccc(OC[C@H]3CC[C@H](OC(=O)[C@@H](F)CCCC)CC3)cc2)c(F)c1F. The van der Waals surface area contributed by atoms with Gasteiger partial charge in [-0.1, -0.05) is 58.8 Å². The van der Waals surface area contributed by atoms with Crippen molar-refractivity contribution in [1.82, 2.24) is 0 Å². The van der Waals surface area contributed by atoms with E-state index >= 15 is 0 Å². The molecule has 2 aromatic carbocycles. The first-order valence-electron chi connectivity index (χ1n) is 15.7. The molecule has 0 aromatic heterocycles. The van der Waals surface area contributed by atoms with Gasteiger partial charge in [-0.15, -0.1) is 0 Å². The molecule has 0 spiro atoms. The van der Waals surface area contributed by atoms with Gasteiger partial charge in [0.15, 0.2) is 17.7 Å². The Morgan fingerprint density at radius 2 is 1.44 bits per heavy atom. The Balaban J connectivity index is 1.39. The van der Waals surface area contributed by atoms with Gasteiger partial charge in [-0.2, -0.15) is 4.39 Å². The van der Waals surface area contributed by atoms with Crippen LogP contribution in [0.5, 0.6) is 17.2 Å². The van der Waals surface area contributed by atoms with Crippen molar-refractivity contribution in [1.29, 1.82) is 0 Å². The summed E-state index contributed by atoms with van der Waals surface area (Å²) in [4.78, 5) is 24.4. The monoisotopic (exact) mass is 606 g/mol. The molecule has 1 saturated carbocycles. The summed E-state index contributed by atoms with van der Waals surface area (Å²) in [5, 5.41) is 0. The third-order valence-electron chi connectivity index (χ3n) is 7.69. The first-order chi connectivity index (χ1) is 20.8. The predicted molar refractivity (Wildman–Crippen MR) is 158 cm³/mol. The molecule has 238 valence electrons. The molecule has 1 fully saturated rings. The lowest BCUT2D eigenvalue weighted by Crippen LogP contribution is -2.30. The highest BCUT2D eigenvalue weighted by Crippen LogP contribution is 2.29. The van der Waals surface area contributed by atoms with Gasteiger partial charge in [0.2, 0.25) is 5.82 Å². The van der Waals surface area contributed by atoms with Crippen LogP contribution in [0.25, 0.3) is 0 Å². The van der Waals surface area contributed by atoms with Gasteiger partial charge in [-0.25, -0.2) is 18.4 Å². The fraction of sp³-hybridized carbons (Fsp3) is 0.588. The third-order valence-corrected chi connectivity index (χ3v) is 7.69. The number of alkyl halides is 1. The van der Waals surface area contributed by atoms with Gasteiger partial charge in [0, 0.05) is 0 Å². The molecule has 0 heterocycles. The van der Waals surface area contributed by atoms with Crippen molar-refractivity contribution < 1.29 is 41.7 Å². The molecule has 1 atom stereocenters. The Hall–Kier alpha value is -3.23. The maximum absolute atomic E-state index is 14.6. The van der Waals surface area contributed by atoms with Crippen LogP contribution >= 0.6 is 0 Å². The average molecular weight is 607 g/mol. The number of esters is 2. The summed E-state index contributed by atoms with van der Waals surface area (Å²) < 4.78 is 64.9. The van der Waals surface area contributed by atoms with Gasteiger partial charge >= 0.3 is 11.9 Å². The minimum atomic E-state index is -1.55. The van der Waals surface area contributed by atoms with Crippen molar-refractivity contribution in [3.05, 3.63) is 53.6 Å². The molecule has 1 aliphatic rings. The van der Waals surface area contributed by atoms with Crippen molar-refractivity contribution in [2.45, 2.75) is 110 Å². The Kier molecular flexibility index (Phi) is 14.7.